The van der Waals surface area contributed by atoms with Crippen LogP contribution in [0.3, 0.4) is 0 Å². The minimum atomic E-state index is -0.431. The van der Waals surface area contributed by atoms with Crippen LogP contribution in [0.4, 0.5) is 0 Å². The van der Waals surface area contributed by atoms with E-state index >= 15 is 0 Å². The molecule has 5 rings (SSSR count). The van der Waals surface area contributed by atoms with Gasteiger partial charge in [-0.15, -0.1) is 0 Å². The first kappa shape index (κ1) is 18.3. The number of hydrazone groups is 1. The molecule has 1 spiro atoms. The maximum atomic E-state index is 6.72. The molecule has 0 radical (unpaired) electrons. The maximum Gasteiger partial charge on any atom is 0.200 e. The zero-order valence-electron chi connectivity index (χ0n) is 17.2. The maximum absolute atomic E-state index is 6.72. The summed E-state index contributed by atoms with van der Waals surface area (Å²) in [5.74, 6) is 2.53. The Kier molecular flexibility index (Phi) is 4.39. The van der Waals surface area contributed by atoms with Crippen molar-refractivity contribution in [3.63, 3.8) is 0 Å². The van der Waals surface area contributed by atoms with E-state index in [1.807, 2.05) is 24.3 Å². The topological polar surface area (TPSA) is 46.5 Å². The highest BCUT2D eigenvalue weighted by molar-refractivity contribution is 6.02. The lowest BCUT2D eigenvalue weighted by molar-refractivity contribution is -0.148. The number of nitrogens with zero attached hydrogens (tertiary/aromatic N) is 3. The number of methoxy groups -OCH3 is 2. The molecule has 0 aliphatic carbocycles. The van der Waals surface area contributed by atoms with Crippen molar-refractivity contribution in [1.29, 1.82) is 0 Å². The van der Waals surface area contributed by atoms with Gasteiger partial charge < -0.3 is 19.1 Å². The third kappa shape index (κ3) is 2.94. The van der Waals surface area contributed by atoms with Gasteiger partial charge in [-0.25, -0.2) is 5.01 Å². The number of hydrogen-bond acceptors (Lipinski definition) is 6. The van der Waals surface area contributed by atoms with Gasteiger partial charge in [0.1, 0.15) is 5.75 Å². The van der Waals surface area contributed by atoms with Crippen LogP contribution in [0.5, 0.6) is 17.2 Å². The summed E-state index contributed by atoms with van der Waals surface area (Å²) in [5.41, 5.74) is 2.90. The Balaban J connectivity index is 1.59. The van der Waals surface area contributed by atoms with Gasteiger partial charge in [0.05, 0.1) is 26.0 Å². The number of fused-ring (bicyclic) bond motifs is 4. The third-order valence-corrected chi connectivity index (χ3v) is 6.38. The van der Waals surface area contributed by atoms with Gasteiger partial charge in [0, 0.05) is 43.5 Å². The number of hydrogen-bond donors (Lipinski definition) is 0. The number of benzene rings is 2. The molecule has 1 atom stereocenters. The van der Waals surface area contributed by atoms with Crippen molar-refractivity contribution in [3.05, 3.63) is 53.6 Å². The average molecular weight is 393 g/mol. The number of rotatable bonds is 3. The van der Waals surface area contributed by atoms with E-state index in [-0.39, 0.29) is 6.04 Å². The van der Waals surface area contributed by atoms with E-state index in [0.717, 1.165) is 66.4 Å². The largest absolute Gasteiger partial charge is 0.497 e. The molecule has 152 valence electrons. The quantitative estimate of drug-likeness (QED) is 0.796. The molecule has 0 aromatic heterocycles. The molecule has 3 heterocycles. The standard InChI is InChI=1S/C23H27N3O3/c1-25-12-10-23(11-13-25)26-20(18-8-5-9-21(28-3)22(18)29-23)15-19(24-26)16-6-4-7-17(14-16)27-2/h4-9,14,20H,10-13,15H2,1-3H3. The minimum absolute atomic E-state index is 0.151. The van der Waals surface area contributed by atoms with Gasteiger partial charge in [-0.2, -0.15) is 5.10 Å². The van der Waals surface area contributed by atoms with E-state index in [2.05, 4.69) is 35.2 Å². The second kappa shape index (κ2) is 6.95. The number of likely N-dealkylation sites (tertiary alicyclic amines) is 1. The lowest BCUT2D eigenvalue weighted by atomic mass is 9.90. The van der Waals surface area contributed by atoms with Crippen LogP contribution in [0.1, 0.15) is 36.4 Å². The molecule has 29 heavy (non-hydrogen) atoms. The first-order valence-electron chi connectivity index (χ1n) is 10.2. The summed E-state index contributed by atoms with van der Waals surface area (Å²) in [7, 11) is 5.57. The Morgan fingerprint density at radius 3 is 2.62 bits per heavy atom. The summed E-state index contributed by atoms with van der Waals surface area (Å²) in [6.07, 6.45) is 2.66. The van der Waals surface area contributed by atoms with Gasteiger partial charge in [0.25, 0.3) is 0 Å². The third-order valence-electron chi connectivity index (χ3n) is 6.38. The molecule has 2 aromatic carbocycles. The van der Waals surface area contributed by atoms with Crippen LogP contribution >= 0.6 is 0 Å². The Bertz CT molecular complexity index is 950. The van der Waals surface area contributed by atoms with Crippen molar-refractivity contribution in [3.8, 4) is 17.2 Å². The van der Waals surface area contributed by atoms with Crippen LogP contribution < -0.4 is 14.2 Å². The van der Waals surface area contributed by atoms with Crippen LogP contribution in [0.2, 0.25) is 0 Å². The first-order valence-corrected chi connectivity index (χ1v) is 10.2. The molecule has 0 saturated carbocycles. The molecule has 1 unspecified atom stereocenters. The lowest BCUT2D eigenvalue weighted by Gasteiger charge is -2.50. The predicted octanol–water partition coefficient (Wildman–Crippen LogP) is 3.67. The highest BCUT2D eigenvalue weighted by Gasteiger charge is 2.52. The van der Waals surface area contributed by atoms with E-state index in [1.54, 1.807) is 14.2 Å². The van der Waals surface area contributed by atoms with Gasteiger partial charge >= 0.3 is 0 Å². The molecule has 1 fully saturated rings. The molecular weight excluding hydrogens is 366 g/mol. The van der Waals surface area contributed by atoms with E-state index in [1.165, 1.54) is 0 Å². The van der Waals surface area contributed by atoms with Crippen molar-refractivity contribution in [1.82, 2.24) is 9.91 Å². The molecule has 0 N–H and O–H groups in total. The van der Waals surface area contributed by atoms with Crippen molar-refractivity contribution >= 4 is 5.71 Å². The molecule has 3 aliphatic rings. The fourth-order valence-corrected chi connectivity index (χ4v) is 4.71. The van der Waals surface area contributed by atoms with Crippen LogP contribution in [0, 0.1) is 0 Å². The fourth-order valence-electron chi connectivity index (χ4n) is 4.71. The van der Waals surface area contributed by atoms with E-state index in [9.17, 15) is 0 Å². The number of para-hydroxylation sites is 1. The van der Waals surface area contributed by atoms with Crippen LogP contribution in [0.15, 0.2) is 47.6 Å². The number of piperidine rings is 1. The fraction of sp³-hybridized carbons (Fsp3) is 0.435. The van der Waals surface area contributed by atoms with Crippen molar-refractivity contribution in [2.24, 2.45) is 5.10 Å². The molecular formula is C23H27N3O3. The second-order valence-electron chi connectivity index (χ2n) is 8.07. The zero-order valence-corrected chi connectivity index (χ0v) is 17.2. The summed E-state index contributed by atoms with van der Waals surface area (Å²) >= 11 is 0. The predicted molar refractivity (Wildman–Crippen MR) is 112 cm³/mol. The summed E-state index contributed by atoms with van der Waals surface area (Å²) in [5, 5.41) is 7.35. The average Bonchev–Trinajstić information content (AvgIpc) is 3.22. The lowest BCUT2D eigenvalue weighted by Crippen LogP contribution is -2.58. The molecule has 1 saturated heterocycles. The minimum Gasteiger partial charge on any atom is -0.497 e. The molecule has 0 bridgehead atoms. The van der Waals surface area contributed by atoms with Crippen LogP contribution in [-0.2, 0) is 0 Å². The smallest absolute Gasteiger partial charge is 0.200 e. The van der Waals surface area contributed by atoms with Crippen LogP contribution in [-0.4, -0.2) is 55.7 Å². The molecule has 6 nitrogen and oxygen atoms in total. The Hall–Kier alpha value is -2.73. The summed E-state index contributed by atoms with van der Waals surface area (Å²) in [6.45, 7) is 1.97. The summed E-state index contributed by atoms with van der Waals surface area (Å²) in [6, 6.07) is 14.5. The Morgan fingerprint density at radius 2 is 1.86 bits per heavy atom. The van der Waals surface area contributed by atoms with Crippen molar-refractivity contribution in [2.45, 2.75) is 31.0 Å². The highest BCUT2D eigenvalue weighted by Crippen LogP contribution is 2.52. The normalized spacial score (nSPS) is 22.5. The number of ether oxygens (including phenoxy) is 3. The zero-order chi connectivity index (χ0) is 20.0. The van der Waals surface area contributed by atoms with Crippen molar-refractivity contribution < 1.29 is 14.2 Å². The highest BCUT2D eigenvalue weighted by atomic mass is 16.5. The van der Waals surface area contributed by atoms with E-state index in [4.69, 9.17) is 19.3 Å². The van der Waals surface area contributed by atoms with E-state index < -0.39 is 5.72 Å². The first-order chi connectivity index (χ1) is 14.1. The Labute approximate surface area is 171 Å². The summed E-state index contributed by atoms with van der Waals surface area (Å²) in [4.78, 5) is 2.35. The van der Waals surface area contributed by atoms with Gasteiger partial charge in [-0.3, -0.25) is 0 Å². The van der Waals surface area contributed by atoms with Gasteiger partial charge in [0.2, 0.25) is 5.72 Å². The summed E-state index contributed by atoms with van der Waals surface area (Å²) < 4.78 is 17.8. The molecule has 0 amide bonds. The van der Waals surface area contributed by atoms with Crippen LogP contribution in [0.25, 0.3) is 0 Å². The molecule has 3 aliphatic heterocycles. The monoisotopic (exact) mass is 393 g/mol. The SMILES string of the molecule is COc1cccc(C2=NN3C(C2)c2cccc(OC)c2OC32CCN(C)CC2)c1. The van der Waals surface area contributed by atoms with Gasteiger partial charge in [-0.05, 0) is 25.2 Å². The molecule has 6 heteroatoms. The molecule has 2 aromatic rings. The van der Waals surface area contributed by atoms with Gasteiger partial charge in [-0.1, -0.05) is 24.3 Å². The van der Waals surface area contributed by atoms with Gasteiger partial charge in [0.15, 0.2) is 11.5 Å². The second-order valence-corrected chi connectivity index (χ2v) is 8.07. The Morgan fingerprint density at radius 1 is 1.07 bits per heavy atom. The van der Waals surface area contributed by atoms with E-state index in [0.29, 0.717) is 0 Å². The van der Waals surface area contributed by atoms with Crippen molar-refractivity contribution in [2.75, 3.05) is 34.4 Å².